The number of amides is 2. The molecule has 6 heteroatoms. The minimum absolute atomic E-state index is 0.0444. The van der Waals surface area contributed by atoms with Gasteiger partial charge in [0, 0.05) is 17.2 Å². The number of halogens is 1. The summed E-state index contributed by atoms with van der Waals surface area (Å²) in [6.07, 6.45) is 5.49. The van der Waals surface area contributed by atoms with Crippen molar-refractivity contribution in [2.45, 2.75) is 13.8 Å². The minimum atomic E-state index is -0.336. The second-order valence-corrected chi connectivity index (χ2v) is 6.86. The van der Waals surface area contributed by atoms with Crippen molar-refractivity contribution in [2.75, 3.05) is 0 Å². The van der Waals surface area contributed by atoms with Crippen LogP contribution in [0.4, 0.5) is 0 Å². The van der Waals surface area contributed by atoms with Crippen LogP contribution in [-0.4, -0.2) is 17.5 Å². The number of carbonyl (C=O) groups is 2. The highest BCUT2D eigenvalue weighted by Crippen LogP contribution is 2.30. The van der Waals surface area contributed by atoms with E-state index in [1.54, 1.807) is 24.3 Å². The number of aliphatic imine (C=N–C) groups is 1. The van der Waals surface area contributed by atoms with Crippen LogP contribution in [0.3, 0.4) is 0 Å². The number of nitrogens with one attached hydrogen (secondary N) is 1. The van der Waals surface area contributed by atoms with Crippen molar-refractivity contribution in [1.29, 1.82) is 0 Å². The Labute approximate surface area is 136 Å². The highest BCUT2D eigenvalue weighted by Gasteiger charge is 2.27. The van der Waals surface area contributed by atoms with Crippen LogP contribution in [0.25, 0.3) is 0 Å². The minimum Gasteiger partial charge on any atom is -0.325 e. The Bertz CT molecular complexity index is 799. The lowest BCUT2D eigenvalue weighted by atomic mass is 9.85. The van der Waals surface area contributed by atoms with E-state index < -0.39 is 0 Å². The van der Waals surface area contributed by atoms with Gasteiger partial charge in [-0.05, 0) is 38.1 Å². The molecule has 3 rings (SSSR count). The number of hydrogen-bond donors (Lipinski definition) is 1. The molecule has 4 nitrogen and oxygen atoms in total. The van der Waals surface area contributed by atoms with Gasteiger partial charge in [-0.1, -0.05) is 23.3 Å². The van der Waals surface area contributed by atoms with Crippen molar-refractivity contribution in [3.8, 4) is 0 Å². The molecule has 2 amide bonds. The third kappa shape index (κ3) is 2.69. The van der Waals surface area contributed by atoms with E-state index in [-0.39, 0.29) is 17.7 Å². The molecule has 2 heterocycles. The summed E-state index contributed by atoms with van der Waals surface area (Å²) in [6, 6.07) is 3.32. The van der Waals surface area contributed by atoms with Gasteiger partial charge in [0.05, 0.1) is 14.9 Å². The third-order valence-corrected chi connectivity index (χ3v) is 4.99. The van der Waals surface area contributed by atoms with Crippen molar-refractivity contribution < 1.29 is 9.59 Å². The topological polar surface area (TPSA) is 58.5 Å². The lowest BCUT2D eigenvalue weighted by molar-refractivity contribution is -0.117. The molecule has 1 aliphatic carbocycles. The predicted octanol–water partition coefficient (Wildman–Crippen LogP) is 3.52. The molecule has 0 saturated carbocycles. The summed E-state index contributed by atoms with van der Waals surface area (Å²) in [5, 5.41) is 2.85. The molecule has 0 spiro atoms. The molecule has 0 bridgehead atoms. The Hall–Kier alpha value is -1.98. The largest absolute Gasteiger partial charge is 0.325 e. The van der Waals surface area contributed by atoms with Crippen LogP contribution in [0.15, 0.2) is 52.2 Å². The van der Waals surface area contributed by atoms with Crippen LogP contribution in [-0.2, 0) is 4.79 Å². The molecule has 1 unspecified atom stereocenters. The number of hydrogen-bond acceptors (Lipinski definition) is 3. The zero-order valence-corrected chi connectivity index (χ0v) is 13.6. The molecule has 0 radical (unpaired) electrons. The van der Waals surface area contributed by atoms with Crippen molar-refractivity contribution in [2.24, 2.45) is 10.9 Å². The van der Waals surface area contributed by atoms with E-state index in [4.69, 9.17) is 11.6 Å². The van der Waals surface area contributed by atoms with Gasteiger partial charge in [-0.3, -0.25) is 9.59 Å². The fourth-order valence-electron chi connectivity index (χ4n) is 2.40. The molecule has 0 saturated heterocycles. The summed E-state index contributed by atoms with van der Waals surface area (Å²) in [5.74, 6) is -0.397. The van der Waals surface area contributed by atoms with Gasteiger partial charge in [0.1, 0.15) is 0 Å². The first-order chi connectivity index (χ1) is 10.5. The average molecular weight is 333 g/mol. The van der Waals surface area contributed by atoms with E-state index in [9.17, 15) is 9.59 Å². The quantitative estimate of drug-likeness (QED) is 0.855. The highest BCUT2D eigenvalue weighted by molar-refractivity contribution is 7.18. The molecule has 1 aromatic rings. The van der Waals surface area contributed by atoms with E-state index >= 15 is 0 Å². The zero-order chi connectivity index (χ0) is 15.9. The van der Waals surface area contributed by atoms with Gasteiger partial charge in [-0.15, -0.1) is 11.3 Å². The Morgan fingerprint density at radius 2 is 2.14 bits per heavy atom. The fraction of sp³-hybridized carbons (Fsp3) is 0.188. The first-order valence-electron chi connectivity index (χ1n) is 6.72. The molecular formula is C16H13ClN2O2S. The Morgan fingerprint density at radius 3 is 2.82 bits per heavy atom. The summed E-state index contributed by atoms with van der Waals surface area (Å²) in [4.78, 5) is 28.5. The second kappa shape index (κ2) is 5.66. The maximum Gasteiger partial charge on any atom is 0.287 e. The number of rotatable bonds is 1. The van der Waals surface area contributed by atoms with E-state index in [1.807, 2.05) is 19.9 Å². The van der Waals surface area contributed by atoms with Crippen molar-refractivity contribution in [3.05, 3.63) is 56.4 Å². The molecule has 1 atom stereocenters. The van der Waals surface area contributed by atoms with E-state index in [2.05, 4.69) is 10.3 Å². The maximum absolute atomic E-state index is 12.1. The van der Waals surface area contributed by atoms with Gasteiger partial charge in [-0.25, -0.2) is 4.99 Å². The normalized spacial score (nSPS) is 22.5. The molecule has 0 aromatic carbocycles. The average Bonchev–Trinajstić information content (AvgIpc) is 2.91. The number of thiophene rings is 1. The van der Waals surface area contributed by atoms with Crippen molar-refractivity contribution in [1.82, 2.24) is 5.32 Å². The predicted molar refractivity (Wildman–Crippen MR) is 88.3 cm³/mol. The lowest BCUT2D eigenvalue weighted by Crippen LogP contribution is -2.35. The van der Waals surface area contributed by atoms with Crippen LogP contribution < -0.4 is 5.32 Å². The van der Waals surface area contributed by atoms with Gasteiger partial charge in [0.15, 0.2) is 0 Å². The van der Waals surface area contributed by atoms with Gasteiger partial charge < -0.3 is 5.32 Å². The Kier molecular flexibility index (Phi) is 3.85. The van der Waals surface area contributed by atoms with Crippen LogP contribution in [0.5, 0.6) is 0 Å². The summed E-state index contributed by atoms with van der Waals surface area (Å²) < 4.78 is 0.553. The zero-order valence-electron chi connectivity index (χ0n) is 12.0. The number of nitrogens with zero attached hydrogens (tertiary/aromatic N) is 1. The first-order valence-corrected chi connectivity index (χ1v) is 7.92. The molecule has 1 N–H and O–H groups in total. The first kappa shape index (κ1) is 14.9. The van der Waals surface area contributed by atoms with Crippen LogP contribution in [0.2, 0.25) is 4.34 Å². The lowest BCUT2D eigenvalue weighted by Gasteiger charge is -2.28. The number of carbonyl (C=O) groups excluding carboxylic acids is 2. The monoisotopic (exact) mass is 332 g/mol. The Morgan fingerprint density at radius 1 is 1.36 bits per heavy atom. The van der Waals surface area contributed by atoms with Gasteiger partial charge in [0.25, 0.3) is 11.8 Å². The molecule has 22 heavy (non-hydrogen) atoms. The summed E-state index contributed by atoms with van der Waals surface area (Å²) >= 11 is 7.02. The molecule has 112 valence electrons. The van der Waals surface area contributed by atoms with Crippen LogP contribution in [0.1, 0.15) is 23.5 Å². The molecular weight excluding hydrogens is 320 g/mol. The van der Waals surface area contributed by atoms with Crippen LogP contribution in [0, 0.1) is 5.92 Å². The van der Waals surface area contributed by atoms with Crippen LogP contribution >= 0.6 is 22.9 Å². The van der Waals surface area contributed by atoms with Gasteiger partial charge in [0.2, 0.25) is 0 Å². The Balaban J connectivity index is 1.89. The number of fused-ring (bicyclic) bond motifs is 1. The highest BCUT2D eigenvalue weighted by atomic mass is 35.5. The number of allylic oxidation sites excluding steroid dienone is 3. The fourth-order valence-corrected chi connectivity index (χ4v) is 3.32. The van der Waals surface area contributed by atoms with E-state index in [0.717, 1.165) is 16.8 Å². The molecule has 1 aliphatic heterocycles. The second-order valence-electron chi connectivity index (χ2n) is 5.14. The SMILES string of the molecule is CC1=C(C)C2C=CC(=NC(=O)c3ccc(Cl)s3)C=C2NC1=O. The summed E-state index contributed by atoms with van der Waals surface area (Å²) in [6.45, 7) is 3.75. The van der Waals surface area contributed by atoms with E-state index in [1.165, 1.54) is 11.3 Å². The summed E-state index contributed by atoms with van der Waals surface area (Å²) in [7, 11) is 0. The van der Waals surface area contributed by atoms with Crippen molar-refractivity contribution >= 4 is 40.5 Å². The standard InChI is InChI=1S/C16H13ClN2O2S/c1-8-9(2)15(20)19-12-7-10(3-4-11(8)12)18-16(21)13-5-6-14(17)22-13/h3-7,11H,1-2H3,(H,19,20). The molecule has 1 aromatic heterocycles. The molecule has 0 fully saturated rings. The smallest absolute Gasteiger partial charge is 0.287 e. The maximum atomic E-state index is 12.1. The van der Waals surface area contributed by atoms with Gasteiger partial charge >= 0.3 is 0 Å². The van der Waals surface area contributed by atoms with Crippen molar-refractivity contribution in [3.63, 3.8) is 0 Å². The third-order valence-electron chi connectivity index (χ3n) is 3.77. The van der Waals surface area contributed by atoms with Gasteiger partial charge in [-0.2, -0.15) is 0 Å². The summed E-state index contributed by atoms with van der Waals surface area (Å²) in [5.41, 5.74) is 3.03. The van der Waals surface area contributed by atoms with E-state index in [0.29, 0.717) is 14.9 Å². The molecule has 2 aliphatic rings.